The van der Waals surface area contributed by atoms with Crippen molar-refractivity contribution in [2.75, 3.05) is 26.2 Å². The van der Waals surface area contributed by atoms with Gasteiger partial charge in [0.1, 0.15) is 5.69 Å². The third kappa shape index (κ3) is 3.44. The van der Waals surface area contributed by atoms with Crippen molar-refractivity contribution in [3.05, 3.63) is 17.2 Å². The van der Waals surface area contributed by atoms with E-state index in [1.54, 1.807) is 4.90 Å². The Balaban J connectivity index is 1.92. The molecule has 0 unspecified atom stereocenters. The van der Waals surface area contributed by atoms with Crippen LogP contribution in [0.4, 0.5) is 0 Å². The third-order valence-corrected chi connectivity index (χ3v) is 5.63. The van der Waals surface area contributed by atoms with Gasteiger partial charge >= 0.3 is 0 Å². The standard InChI is InChI=1S/C19H30N4O2/c1-4-21(5-2)18(24)16-15-8-6-7-11-23(15)17(20-16)19(25)22-12-9-14(3)10-13-22/h14H,4-13H2,1-3H3. The van der Waals surface area contributed by atoms with E-state index in [2.05, 4.69) is 11.9 Å². The summed E-state index contributed by atoms with van der Waals surface area (Å²) in [6.45, 7) is 9.89. The first kappa shape index (κ1) is 18.0. The molecular weight excluding hydrogens is 316 g/mol. The van der Waals surface area contributed by atoms with Crippen molar-refractivity contribution in [1.82, 2.24) is 19.4 Å². The van der Waals surface area contributed by atoms with E-state index in [1.165, 1.54) is 0 Å². The SMILES string of the molecule is CCN(CC)C(=O)c1nc(C(=O)N2CCC(C)CC2)n2c1CCCC2. The average Bonchev–Trinajstić information content (AvgIpc) is 3.02. The minimum Gasteiger partial charge on any atom is -0.338 e. The molecule has 3 rings (SSSR count). The molecule has 6 heteroatoms. The van der Waals surface area contributed by atoms with Crippen LogP contribution in [0.1, 0.15) is 73.3 Å². The summed E-state index contributed by atoms with van der Waals surface area (Å²) in [6.07, 6.45) is 5.02. The molecule has 1 saturated heterocycles. The minimum absolute atomic E-state index is 0.00588. The van der Waals surface area contributed by atoms with Crippen LogP contribution in [0.25, 0.3) is 0 Å². The van der Waals surface area contributed by atoms with Crippen molar-refractivity contribution in [1.29, 1.82) is 0 Å². The summed E-state index contributed by atoms with van der Waals surface area (Å²) in [5, 5.41) is 0. The second-order valence-corrected chi connectivity index (χ2v) is 7.29. The number of fused-ring (bicyclic) bond motifs is 1. The molecule has 3 heterocycles. The van der Waals surface area contributed by atoms with Gasteiger partial charge < -0.3 is 14.4 Å². The molecule has 1 fully saturated rings. The minimum atomic E-state index is -0.0398. The highest BCUT2D eigenvalue weighted by molar-refractivity contribution is 5.97. The maximum absolute atomic E-state index is 13.0. The van der Waals surface area contributed by atoms with Gasteiger partial charge in [-0.2, -0.15) is 0 Å². The smallest absolute Gasteiger partial charge is 0.289 e. The van der Waals surface area contributed by atoms with Gasteiger partial charge in [0.05, 0.1) is 5.69 Å². The highest BCUT2D eigenvalue weighted by Gasteiger charge is 2.32. The topological polar surface area (TPSA) is 58.4 Å². The molecule has 138 valence electrons. The Kier molecular flexibility index (Phi) is 5.45. The van der Waals surface area contributed by atoms with Crippen LogP contribution in [-0.2, 0) is 13.0 Å². The highest BCUT2D eigenvalue weighted by Crippen LogP contribution is 2.24. The van der Waals surface area contributed by atoms with E-state index in [0.717, 1.165) is 57.4 Å². The lowest BCUT2D eigenvalue weighted by Gasteiger charge is -2.30. The maximum Gasteiger partial charge on any atom is 0.289 e. The van der Waals surface area contributed by atoms with E-state index >= 15 is 0 Å². The molecule has 0 spiro atoms. The Hall–Kier alpha value is -1.85. The first-order chi connectivity index (χ1) is 12.1. The van der Waals surface area contributed by atoms with Crippen molar-refractivity contribution in [2.45, 2.75) is 59.4 Å². The summed E-state index contributed by atoms with van der Waals surface area (Å²) in [5.74, 6) is 1.11. The molecule has 2 aliphatic heterocycles. The molecule has 0 saturated carbocycles. The molecule has 6 nitrogen and oxygen atoms in total. The Morgan fingerprint density at radius 2 is 1.80 bits per heavy atom. The van der Waals surface area contributed by atoms with Gasteiger partial charge in [-0.05, 0) is 51.9 Å². The van der Waals surface area contributed by atoms with E-state index < -0.39 is 0 Å². The summed E-state index contributed by atoms with van der Waals surface area (Å²) >= 11 is 0. The highest BCUT2D eigenvalue weighted by atomic mass is 16.2. The number of carbonyl (C=O) groups excluding carboxylic acids is 2. The molecule has 0 radical (unpaired) electrons. The number of piperidine rings is 1. The molecule has 0 aliphatic carbocycles. The molecule has 1 aromatic rings. The number of carbonyl (C=O) groups is 2. The predicted molar refractivity (Wildman–Crippen MR) is 96.7 cm³/mol. The van der Waals surface area contributed by atoms with Gasteiger partial charge in [-0.15, -0.1) is 0 Å². The molecule has 0 bridgehead atoms. The van der Waals surface area contributed by atoms with Crippen LogP contribution in [0.3, 0.4) is 0 Å². The lowest BCUT2D eigenvalue weighted by Crippen LogP contribution is -2.39. The van der Waals surface area contributed by atoms with Gasteiger partial charge in [-0.3, -0.25) is 9.59 Å². The van der Waals surface area contributed by atoms with Crippen molar-refractivity contribution in [3.8, 4) is 0 Å². The van der Waals surface area contributed by atoms with Gasteiger partial charge in [0.15, 0.2) is 5.82 Å². The second-order valence-electron chi connectivity index (χ2n) is 7.29. The van der Waals surface area contributed by atoms with Crippen LogP contribution in [0.2, 0.25) is 0 Å². The van der Waals surface area contributed by atoms with Gasteiger partial charge in [-0.25, -0.2) is 4.98 Å². The van der Waals surface area contributed by atoms with Crippen LogP contribution in [-0.4, -0.2) is 57.3 Å². The molecule has 1 aromatic heterocycles. The molecule has 0 N–H and O–H groups in total. The molecule has 0 atom stereocenters. The van der Waals surface area contributed by atoms with Crippen molar-refractivity contribution in [2.24, 2.45) is 5.92 Å². The number of nitrogens with zero attached hydrogens (tertiary/aromatic N) is 4. The van der Waals surface area contributed by atoms with E-state index in [9.17, 15) is 9.59 Å². The number of likely N-dealkylation sites (tertiary alicyclic amines) is 1. The lowest BCUT2D eigenvalue weighted by molar-refractivity contribution is 0.0678. The van der Waals surface area contributed by atoms with Crippen LogP contribution in [0.5, 0.6) is 0 Å². The Morgan fingerprint density at radius 3 is 2.44 bits per heavy atom. The normalized spacial score (nSPS) is 18.1. The van der Waals surface area contributed by atoms with Crippen LogP contribution in [0, 0.1) is 5.92 Å². The zero-order valence-corrected chi connectivity index (χ0v) is 15.8. The first-order valence-corrected chi connectivity index (χ1v) is 9.74. The zero-order valence-electron chi connectivity index (χ0n) is 15.8. The van der Waals surface area contributed by atoms with Gasteiger partial charge in [-0.1, -0.05) is 6.92 Å². The molecular formula is C19H30N4O2. The number of aromatic nitrogens is 2. The summed E-state index contributed by atoms with van der Waals surface area (Å²) in [5.41, 5.74) is 1.45. The number of hydrogen-bond acceptors (Lipinski definition) is 3. The van der Waals surface area contributed by atoms with Gasteiger partial charge in [0.25, 0.3) is 11.8 Å². The molecule has 2 aliphatic rings. The van der Waals surface area contributed by atoms with Gasteiger partial charge in [0.2, 0.25) is 0 Å². The lowest BCUT2D eigenvalue weighted by atomic mass is 9.99. The van der Waals surface area contributed by atoms with Crippen LogP contribution < -0.4 is 0 Å². The van der Waals surface area contributed by atoms with Gasteiger partial charge in [0, 0.05) is 32.7 Å². The molecule has 2 amide bonds. The molecule has 25 heavy (non-hydrogen) atoms. The fourth-order valence-corrected chi connectivity index (χ4v) is 3.89. The predicted octanol–water partition coefficient (Wildman–Crippen LogP) is 2.57. The third-order valence-electron chi connectivity index (χ3n) is 5.63. The molecule has 0 aromatic carbocycles. The quantitative estimate of drug-likeness (QED) is 0.842. The number of hydrogen-bond donors (Lipinski definition) is 0. The first-order valence-electron chi connectivity index (χ1n) is 9.74. The van der Waals surface area contributed by atoms with Crippen LogP contribution in [0.15, 0.2) is 0 Å². The van der Waals surface area contributed by atoms with E-state index in [4.69, 9.17) is 0 Å². The Morgan fingerprint density at radius 1 is 1.12 bits per heavy atom. The fraction of sp³-hybridized carbons (Fsp3) is 0.737. The second kappa shape index (κ2) is 7.58. The fourth-order valence-electron chi connectivity index (χ4n) is 3.89. The number of amides is 2. The monoisotopic (exact) mass is 346 g/mol. The average molecular weight is 346 g/mol. The Labute approximate surface area is 150 Å². The van der Waals surface area contributed by atoms with E-state index in [-0.39, 0.29) is 11.8 Å². The van der Waals surface area contributed by atoms with E-state index in [1.807, 2.05) is 23.3 Å². The summed E-state index contributed by atoms with van der Waals surface area (Å²) in [4.78, 5) is 34.2. The zero-order chi connectivity index (χ0) is 18.0. The number of rotatable bonds is 4. The largest absolute Gasteiger partial charge is 0.338 e. The van der Waals surface area contributed by atoms with E-state index in [0.29, 0.717) is 30.5 Å². The number of imidazole rings is 1. The summed E-state index contributed by atoms with van der Waals surface area (Å²) < 4.78 is 2.01. The Bertz CT molecular complexity index is 640. The van der Waals surface area contributed by atoms with Crippen molar-refractivity contribution in [3.63, 3.8) is 0 Å². The van der Waals surface area contributed by atoms with Crippen LogP contribution >= 0.6 is 0 Å². The summed E-state index contributed by atoms with van der Waals surface area (Å²) in [7, 11) is 0. The summed E-state index contributed by atoms with van der Waals surface area (Å²) in [6, 6.07) is 0. The van der Waals surface area contributed by atoms with Crippen molar-refractivity contribution >= 4 is 11.8 Å². The maximum atomic E-state index is 13.0. The van der Waals surface area contributed by atoms with Crippen molar-refractivity contribution < 1.29 is 9.59 Å².